The van der Waals surface area contributed by atoms with Crippen molar-refractivity contribution in [2.75, 3.05) is 6.54 Å². The van der Waals surface area contributed by atoms with Crippen LogP contribution in [-0.2, 0) is 0 Å². The quantitative estimate of drug-likeness (QED) is 0.573. The zero-order valence-corrected chi connectivity index (χ0v) is 16.7. The average Bonchev–Trinajstić information content (AvgIpc) is 2.48. The molecule has 0 heterocycles. The molecule has 2 N–H and O–H groups in total. The third-order valence-corrected chi connectivity index (χ3v) is 4.42. The van der Waals surface area contributed by atoms with Crippen LogP contribution in [0.3, 0.4) is 0 Å². The zero-order valence-electron chi connectivity index (χ0n) is 16.7. The predicted octanol–water partition coefficient (Wildman–Crippen LogP) is 6.50. The lowest BCUT2D eigenvalue weighted by molar-refractivity contribution is 0.514. The molecule has 0 amide bonds. The van der Waals surface area contributed by atoms with E-state index in [0.29, 0.717) is 6.54 Å². The topological polar surface area (TPSA) is 26.0 Å². The Morgan fingerprint density at radius 1 is 1.00 bits per heavy atom. The highest BCUT2D eigenvalue weighted by Crippen LogP contribution is 2.29. The Labute approximate surface area is 150 Å². The van der Waals surface area contributed by atoms with Crippen molar-refractivity contribution < 1.29 is 0 Å². The Bertz CT molecular complexity index is 540. The van der Waals surface area contributed by atoms with Gasteiger partial charge in [-0.3, -0.25) is 0 Å². The largest absolute Gasteiger partial charge is 0.327 e. The van der Waals surface area contributed by atoms with Gasteiger partial charge in [0.05, 0.1) is 0 Å². The van der Waals surface area contributed by atoms with Gasteiger partial charge in [0.1, 0.15) is 0 Å². The summed E-state index contributed by atoms with van der Waals surface area (Å²) in [6.45, 7) is 14.1. The van der Waals surface area contributed by atoms with Crippen LogP contribution in [0.4, 0.5) is 0 Å². The van der Waals surface area contributed by atoms with E-state index in [1.54, 1.807) is 0 Å². The summed E-state index contributed by atoms with van der Waals surface area (Å²) in [5, 5.41) is 0. The standard InChI is InChI=1S/C23H37N/c1-22(2,3)20(16-15-19-11-8-7-9-12-19)13-10-14-21(17-18-24)23(4,5)6/h10-11,13-17H,7-9,12,18,24H2,1-6H3/b14-10+,16-15+,20-13-,21-17-. The summed E-state index contributed by atoms with van der Waals surface area (Å²) in [4.78, 5) is 0. The first-order valence-corrected chi connectivity index (χ1v) is 9.31. The van der Waals surface area contributed by atoms with Crippen molar-refractivity contribution in [2.24, 2.45) is 16.6 Å². The molecule has 0 saturated heterocycles. The van der Waals surface area contributed by atoms with Crippen LogP contribution in [0.2, 0.25) is 0 Å². The van der Waals surface area contributed by atoms with Gasteiger partial charge in [0.15, 0.2) is 0 Å². The molecule has 1 nitrogen and oxygen atoms in total. The van der Waals surface area contributed by atoms with Crippen molar-refractivity contribution in [3.63, 3.8) is 0 Å². The third kappa shape index (κ3) is 7.49. The van der Waals surface area contributed by atoms with Crippen molar-refractivity contribution in [1.29, 1.82) is 0 Å². The molecule has 134 valence electrons. The van der Waals surface area contributed by atoms with E-state index in [2.05, 4.69) is 84.1 Å². The second-order valence-corrected chi connectivity index (χ2v) is 8.73. The van der Waals surface area contributed by atoms with E-state index >= 15 is 0 Å². The summed E-state index contributed by atoms with van der Waals surface area (Å²) in [6.07, 6.45) is 20.8. The molecule has 24 heavy (non-hydrogen) atoms. The maximum atomic E-state index is 5.71. The first kappa shape index (κ1) is 20.7. The fraction of sp³-hybridized carbons (Fsp3) is 0.565. The molecule has 0 aromatic heterocycles. The monoisotopic (exact) mass is 327 g/mol. The normalized spacial score (nSPS) is 18.5. The molecule has 0 atom stereocenters. The Morgan fingerprint density at radius 3 is 2.17 bits per heavy atom. The molecule has 0 aromatic rings. The first-order valence-electron chi connectivity index (χ1n) is 9.31. The Balaban J connectivity index is 2.98. The highest BCUT2D eigenvalue weighted by molar-refractivity contribution is 5.36. The minimum absolute atomic E-state index is 0.119. The lowest BCUT2D eigenvalue weighted by Gasteiger charge is -2.21. The van der Waals surface area contributed by atoms with Crippen LogP contribution in [-0.4, -0.2) is 6.54 Å². The van der Waals surface area contributed by atoms with Crippen molar-refractivity contribution in [2.45, 2.75) is 67.2 Å². The number of rotatable bonds is 5. The third-order valence-electron chi connectivity index (χ3n) is 4.42. The molecule has 1 heteroatoms. The highest BCUT2D eigenvalue weighted by atomic mass is 14.5. The molecule has 0 spiro atoms. The smallest absolute Gasteiger partial charge is 0.0112 e. The molecule has 0 aliphatic heterocycles. The highest BCUT2D eigenvalue weighted by Gasteiger charge is 2.15. The van der Waals surface area contributed by atoms with Gasteiger partial charge in [-0.05, 0) is 47.7 Å². The van der Waals surface area contributed by atoms with Gasteiger partial charge in [-0.25, -0.2) is 0 Å². The molecule has 0 bridgehead atoms. The molecule has 0 radical (unpaired) electrons. The van der Waals surface area contributed by atoms with Crippen molar-refractivity contribution in [3.05, 3.63) is 59.3 Å². The summed E-state index contributed by atoms with van der Waals surface area (Å²) in [7, 11) is 0. The van der Waals surface area contributed by atoms with E-state index in [1.807, 2.05) is 0 Å². The first-order chi connectivity index (χ1) is 11.1. The molecule has 0 saturated carbocycles. The fourth-order valence-electron chi connectivity index (χ4n) is 2.77. The van der Waals surface area contributed by atoms with E-state index in [1.165, 1.54) is 42.4 Å². The summed E-state index contributed by atoms with van der Waals surface area (Å²) in [5.41, 5.74) is 10.1. The fourth-order valence-corrected chi connectivity index (χ4v) is 2.77. The van der Waals surface area contributed by atoms with Crippen molar-refractivity contribution in [3.8, 4) is 0 Å². The van der Waals surface area contributed by atoms with Gasteiger partial charge in [0, 0.05) is 6.54 Å². The van der Waals surface area contributed by atoms with Crippen LogP contribution in [0.1, 0.15) is 67.2 Å². The lowest BCUT2D eigenvalue weighted by atomic mass is 9.84. The molecule has 0 fully saturated rings. The van der Waals surface area contributed by atoms with Gasteiger partial charge in [0.2, 0.25) is 0 Å². The van der Waals surface area contributed by atoms with E-state index < -0.39 is 0 Å². The number of nitrogens with two attached hydrogens (primary N) is 1. The van der Waals surface area contributed by atoms with Gasteiger partial charge >= 0.3 is 0 Å². The molecule has 1 aliphatic carbocycles. The van der Waals surface area contributed by atoms with E-state index in [0.717, 1.165) is 0 Å². The average molecular weight is 328 g/mol. The molecule has 1 aliphatic rings. The van der Waals surface area contributed by atoms with Crippen LogP contribution < -0.4 is 5.73 Å². The van der Waals surface area contributed by atoms with Gasteiger partial charge in [0.25, 0.3) is 0 Å². The maximum absolute atomic E-state index is 5.71. The van der Waals surface area contributed by atoms with Gasteiger partial charge in [-0.15, -0.1) is 0 Å². The van der Waals surface area contributed by atoms with E-state index in [9.17, 15) is 0 Å². The summed E-state index contributed by atoms with van der Waals surface area (Å²) < 4.78 is 0. The van der Waals surface area contributed by atoms with Crippen LogP contribution in [0, 0.1) is 10.8 Å². The molecule has 0 aromatic carbocycles. The summed E-state index contributed by atoms with van der Waals surface area (Å²) in [5.74, 6) is 0. The maximum Gasteiger partial charge on any atom is 0.0112 e. The Hall–Kier alpha value is -1.34. The zero-order chi connectivity index (χ0) is 18.2. The van der Waals surface area contributed by atoms with E-state index in [-0.39, 0.29) is 10.8 Å². The van der Waals surface area contributed by atoms with E-state index in [4.69, 9.17) is 5.73 Å². The summed E-state index contributed by atoms with van der Waals surface area (Å²) in [6, 6.07) is 0. The molecular formula is C23H37N. The number of allylic oxidation sites excluding steroid dienone is 9. The van der Waals surface area contributed by atoms with Crippen LogP contribution >= 0.6 is 0 Å². The second-order valence-electron chi connectivity index (χ2n) is 8.73. The lowest BCUT2D eigenvalue weighted by Crippen LogP contribution is -2.10. The van der Waals surface area contributed by atoms with Crippen LogP contribution in [0.15, 0.2) is 59.3 Å². The molecular weight excluding hydrogens is 290 g/mol. The van der Waals surface area contributed by atoms with Crippen molar-refractivity contribution in [1.82, 2.24) is 0 Å². The minimum Gasteiger partial charge on any atom is -0.327 e. The Morgan fingerprint density at radius 2 is 1.67 bits per heavy atom. The van der Waals surface area contributed by atoms with Gasteiger partial charge in [-0.1, -0.05) is 89.6 Å². The van der Waals surface area contributed by atoms with Crippen LogP contribution in [0.25, 0.3) is 0 Å². The summed E-state index contributed by atoms with van der Waals surface area (Å²) >= 11 is 0. The SMILES string of the molecule is CC(C)(C)C(=C\CN)/C=C/C=C(/C=C/C1=CCCCC1)C(C)(C)C. The molecule has 0 unspecified atom stereocenters. The molecule has 1 rings (SSSR count). The number of hydrogen-bond acceptors (Lipinski definition) is 1. The van der Waals surface area contributed by atoms with Crippen LogP contribution in [0.5, 0.6) is 0 Å². The predicted molar refractivity (Wildman–Crippen MR) is 109 cm³/mol. The minimum atomic E-state index is 0.119. The second kappa shape index (κ2) is 9.22. The Kier molecular flexibility index (Phi) is 7.96. The number of hydrogen-bond donors (Lipinski definition) is 1. The van der Waals surface area contributed by atoms with Gasteiger partial charge < -0.3 is 5.73 Å². The van der Waals surface area contributed by atoms with Crippen molar-refractivity contribution >= 4 is 0 Å². The van der Waals surface area contributed by atoms with Gasteiger partial charge in [-0.2, -0.15) is 0 Å².